The van der Waals surface area contributed by atoms with Gasteiger partial charge in [-0.3, -0.25) is 9.69 Å². The third-order valence-corrected chi connectivity index (χ3v) is 4.87. The Balaban J connectivity index is 1.44. The zero-order valence-corrected chi connectivity index (χ0v) is 14.4. The van der Waals surface area contributed by atoms with Gasteiger partial charge in [-0.1, -0.05) is 6.07 Å². The first-order valence-electron chi connectivity index (χ1n) is 8.73. The van der Waals surface area contributed by atoms with Crippen LogP contribution in [0.1, 0.15) is 35.8 Å². The van der Waals surface area contributed by atoms with Gasteiger partial charge in [-0.25, -0.2) is 4.98 Å². The van der Waals surface area contributed by atoms with Crippen LogP contribution in [0.5, 0.6) is 0 Å². The summed E-state index contributed by atoms with van der Waals surface area (Å²) in [6, 6.07) is 6.97. The molecule has 0 unspecified atom stereocenters. The van der Waals surface area contributed by atoms with E-state index in [1.165, 1.54) is 24.0 Å². The van der Waals surface area contributed by atoms with Crippen molar-refractivity contribution < 1.29 is 4.79 Å². The number of anilines is 1. The summed E-state index contributed by atoms with van der Waals surface area (Å²) in [7, 11) is 0. The van der Waals surface area contributed by atoms with Crippen molar-refractivity contribution in [1.29, 1.82) is 0 Å². The third-order valence-electron chi connectivity index (χ3n) is 4.87. The second kappa shape index (κ2) is 6.06. The van der Waals surface area contributed by atoms with Crippen LogP contribution in [0.4, 0.5) is 5.69 Å². The van der Waals surface area contributed by atoms with Crippen LogP contribution in [0, 0.1) is 13.8 Å². The highest BCUT2D eigenvalue weighted by atomic mass is 16.2. The summed E-state index contributed by atoms with van der Waals surface area (Å²) in [6.45, 7) is 7.01. The summed E-state index contributed by atoms with van der Waals surface area (Å²) < 4.78 is 2.28. The van der Waals surface area contributed by atoms with Gasteiger partial charge in [0.1, 0.15) is 5.82 Å². The first-order chi connectivity index (χ1) is 11.6. The Bertz CT molecular complexity index is 742. The maximum atomic E-state index is 12.6. The van der Waals surface area contributed by atoms with Crippen LogP contribution in [0.2, 0.25) is 0 Å². The van der Waals surface area contributed by atoms with Crippen molar-refractivity contribution in [3.05, 3.63) is 47.5 Å². The molecule has 0 N–H and O–H groups in total. The summed E-state index contributed by atoms with van der Waals surface area (Å²) in [5, 5.41) is 0. The number of benzene rings is 1. The normalized spacial score (nSPS) is 19.1. The summed E-state index contributed by atoms with van der Waals surface area (Å²) in [4.78, 5) is 21.3. The Hall–Kier alpha value is -2.14. The van der Waals surface area contributed by atoms with Gasteiger partial charge >= 0.3 is 0 Å². The highest BCUT2D eigenvalue weighted by Crippen LogP contribution is 2.35. The number of aryl methyl sites for hydroxylation is 2. The van der Waals surface area contributed by atoms with Gasteiger partial charge in [-0.05, 0) is 49.9 Å². The molecule has 126 valence electrons. The van der Waals surface area contributed by atoms with Gasteiger partial charge in [0, 0.05) is 37.2 Å². The molecule has 2 aromatic rings. The minimum atomic E-state index is 0.177. The molecule has 0 bridgehead atoms. The largest absolute Gasteiger partial charge is 0.331 e. The predicted molar refractivity (Wildman–Crippen MR) is 94.0 cm³/mol. The van der Waals surface area contributed by atoms with Crippen molar-refractivity contribution in [3.8, 4) is 0 Å². The van der Waals surface area contributed by atoms with Crippen molar-refractivity contribution in [2.45, 2.75) is 39.3 Å². The molecule has 0 atom stereocenters. The maximum absolute atomic E-state index is 12.6. The average Bonchev–Trinajstić information content (AvgIpc) is 3.26. The van der Waals surface area contributed by atoms with E-state index in [1.807, 2.05) is 11.1 Å². The van der Waals surface area contributed by atoms with Gasteiger partial charge in [0.15, 0.2) is 0 Å². The fourth-order valence-electron chi connectivity index (χ4n) is 3.59. The van der Waals surface area contributed by atoms with Crippen molar-refractivity contribution in [1.82, 2.24) is 14.5 Å². The fraction of sp³-hybridized carbons (Fsp3) is 0.474. The standard InChI is InChI=1S/C19H24N4O/c1-14-9-15(2)11-17(10-14)23-8-7-21(13-19(23)24)12-18-20-5-6-22(18)16-3-4-16/h5-6,9-11,16H,3-4,7-8,12-13H2,1-2H3. The van der Waals surface area contributed by atoms with Gasteiger partial charge in [-0.2, -0.15) is 0 Å². The number of nitrogens with zero attached hydrogens (tertiary/aromatic N) is 4. The van der Waals surface area contributed by atoms with E-state index < -0.39 is 0 Å². The molecule has 4 rings (SSSR count). The topological polar surface area (TPSA) is 41.4 Å². The maximum Gasteiger partial charge on any atom is 0.241 e. The van der Waals surface area contributed by atoms with E-state index in [1.54, 1.807) is 0 Å². The lowest BCUT2D eigenvalue weighted by Gasteiger charge is -2.34. The number of hydrogen-bond acceptors (Lipinski definition) is 3. The Morgan fingerprint density at radius 1 is 1.12 bits per heavy atom. The van der Waals surface area contributed by atoms with Gasteiger partial charge < -0.3 is 9.47 Å². The molecular weight excluding hydrogens is 300 g/mol. The molecule has 5 heteroatoms. The zero-order valence-electron chi connectivity index (χ0n) is 14.4. The predicted octanol–water partition coefficient (Wildman–Crippen LogP) is 2.68. The average molecular weight is 324 g/mol. The molecule has 1 amide bonds. The quantitative estimate of drug-likeness (QED) is 0.868. The van der Waals surface area contributed by atoms with Gasteiger partial charge in [0.25, 0.3) is 0 Å². The van der Waals surface area contributed by atoms with Crippen LogP contribution in [0.25, 0.3) is 0 Å². The molecule has 0 radical (unpaired) electrons. The lowest BCUT2D eigenvalue weighted by atomic mass is 10.1. The molecule has 1 aliphatic carbocycles. The Morgan fingerprint density at radius 2 is 1.88 bits per heavy atom. The Labute approximate surface area is 142 Å². The monoisotopic (exact) mass is 324 g/mol. The smallest absolute Gasteiger partial charge is 0.241 e. The molecule has 2 fully saturated rings. The number of piperazine rings is 1. The fourth-order valence-corrected chi connectivity index (χ4v) is 3.59. The van der Waals surface area contributed by atoms with E-state index in [4.69, 9.17) is 0 Å². The number of carbonyl (C=O) groups excluding carboxylic acids is 1. The molecule has 1 aliphatic heterocycles. The summed E-state index contributed by atoms with van der Waals surface area (Å²) in [5.74, 6) is 1.26. The Kier molecular flexibility index (Phi) is 3.88. The van der Waals surface area contributed by atoms with Gasteiger partial charge in [0.2, 0.25) is 5.91 Å². The molecule has 1 saturated heterocycles. The molecule has 0 spiro atoms. The van der Waals surface area contributed by atoms with Crippen LogP contribution < -0.4 is 4.90 Å². The lowest BCUT2D eigenvalue weighted by molar-refractivity contribution is -0.121. The Morgan fingerprint density at radius 3 is 2.54 bits per heavy atom. The first kappa shape index (κ1) is 15.4. The SMILES string of the molecule is Cc1cc(C)cc(N2CCN(Cc3nccn3C3CC3)CC2=O)c1. The van der Waals surface area contributed by atoms with E-state index in [-0.39, 0.29) is 5.91 Å². The van der Waals surface area contributed by atoms with Crippen molar-refractivity contribution in [2.75, 3.05) is 24.5 Å². The van der Waals surface area contributed by atoms with Crippen molar-refractivity contribution in [3.63, 3.8) is 0 Å². The van der Waals surface area contributed by atoms with Crippen LogP contribution in [0.15, 0.2) is 30.6 Å². The number of amides is 1. The molecular formula is C19H24N4O. The molecule has 24 heavy (non-hydrogen) atoms. The van der Waals surface area contributed by atoms with Crippen molar-refractivity contribution >= 4 is 11.6 Å². The number of rotatable bonds is 4. The first-order valence-corrected chi connectivity index (χ1v) is 8.73. The summed E-state index contributed by atoms with van der Waals surface area (Å²) >= 11 is 0. The third kappa shape index (κ3) is 3.08. The number of hydrogen-bond donors (Lipinski definition) is 0. The lowest BCUT2D eigenvalue weighted by Crippen LogP contribution is -2.50. The molecule has 2 aliphatic rings. The summed E-state index contributed by atoms with van der Waals surface area (Å²) in [6.07, 6.45) is 6.45. The number of aromatic nitrogens is 2. The van der Waals surface area contributed by atoms with Crippen LogP contribution >= 0.6 is 0 Å². The van der Waals surface area contributed by atoms with Crippen molar-refractivity contribution in [2.24, 2.45) is 0 Å². The van der Waals surface area contributed by atoms with E-state index >= 15 is 0 Å². The molecule has 5 nitrogen and oxygen atoms in total. The summed E-state index contributed by atoms with van der Waals surface area (Å²) in [5.41, 5.74) is 3.43. The second-order valence-corrected chi connectivity index (χ2v) is 7.08. The van der Waals surface area contributed by atoms with Gasteiger partial charge in [0.05, 0.1) is 13.1 Å². The van der Waals surface area contributed by atoms with Crippen LogP contribution in [0.3, 0.4) is 0 Å². The highest BCUT2D eigenvalue weighted by Gasteiger charge is 2.29. The van der Waals surface area contributed by atoms with E-state index in [9.17, 15) is 4.79 Å². The van der Waals surface area contributed by atoms with Gasteiger partial charge in [-0.15, -0.1) is 0 Å². The second-order valence-electron chi connectivity index (χ2n) is 7.08. The molecule has 1 aromatic carbocycles. The molecule has 2 heterocycles. The highest BCUT2D eigenvalue weighted by molar-refractivity contribution is 5.95. The minimum Gasteiger partial charge on any atom is -0.331 e. The molecule has 1 aromatic heterocycles. The molecule has 1 saturated carbocycles. The number of imidazole rings is 1. The van der Waals surface area contributed by atoms with E-state index in [2.05, 4.69) is 52.7 Å². The van der Waals surface area contributed by atoms with E-state index in [0.29, 0.717) is 12.6 Å². The van der Waals surface area contributed by atoms with Crippen LogP contribution in [-0.2, 0) is 11.3 Å². The van der Waals surface area contributed by atoms with Crippen LogP contribution in [-0.4, -0.2) is 40.0 Å². The van der Waals surface area contributed by atoms with E-state index in [0.717, 1.165) is 31.1 Å². The minimum absolute atomic E-state index is 0.177. The number of carbonyl (C=O) groups is 1. The zero-order chi connectivity index (χ0) is 16.7.